The molecular weight excluding hydrogens is 203 g/mol. The minimum atomic E-state index is -1.52. The summed E-state index contributed by atoms with van der Waals surface area (Å²) in [4.78, 5) is 11.7. The first-order valence-corrected chi connectivity index (χ1v) is 4.98. The van der Waals surface area contributed by atoms with Crippen LogP contribution in [0.25, 0.3) is 0 Å². The van der Waals surface area contributed by atoms with Crippen molar-refractivity contribution < 1.29 is 19.6 Å². The molecule has 1 aromatic heterocycles. The van der Waals surface area contributed by atoms with Crippen LogP contribution in [-0.2, 0) is 11.2 Å². The molecule has 0 spiro atoms. The molecule has 76 valence electrons. The SMILES string of the molecule is CCc1cc(B(O)O)sc1C(=O)OC. The van der Waals surface area contributed by atoms with E-state index in [1.165, 1.54) is 7.11 Å². The number of rotatable bonds is 3. The molecule has 1 heterocycles. The number of carbonyl (C=O) groups is 1. The summed E-state index contributed by atoms with van der Waals surface area (Å²) in [5, 5.41) is 17.9. The largest absolute Gasteiger partial charge is 0.499 e. The van der Waals surface area contributed by atoms with Crippen LogP contribution < -0.4 is 4.78 Å². The fourth-order valence-corrected chi connectivity index (χ4v) is 2.15. The Labute approximate surface area is 86.3 Å². The highest BCUT2D eigenvalue weighted by atomic mass is 32.1. The van der Waals surface area contributed by atoms with Crippen molar-refractivity contribution in [3.8, 4) is 0 Å². The number of aryl methyl sites for hydroxylation is 1. The van der Waals surface area contributed by atoms with Gasteiger partial charge < -0.3 is 14.8 Å². The molecule has 6 heteroatoms. The Kier molecular flexibility index (Phi) is 3.68. The van der Waals surface area contributed by atoms with Gasteiger partial charge in [-0.1, -0.05) is 6.92 Å². The lowest BCUT2D eigenvalue weighted by Gasteiger charge is -1.97. The van der Waals surface area contributed by atoms with Crippen LogP contribution in [0.3, 0.4) is 0 Å². The van der Waals surface area contributed by atoms with Gasteiger partial charge in [0.05, 0.1) is 7.11 Å². The van der Waals surface area contributed by atoms with E-state index in [9.17, 15) is 4.79 Å². The van der Waals surface area contributed by atoms with E-state index < -0.39 is 13.1 Å². The van der Waals surface area contributed by atoms with Gasteiger partial charge >= 0.3 is 13.1 Å². The third-order valence-electron chi connectivity index (χ3n) is 1.83. The Bertz CT molecular complexity index is 334. The highest BCUT2D eigenvalue weighted by Crippen LogP contribution is 2.16. The minimum Gasteiger partial charge on any atom is -0.465 e. The number of thiophene rings is 1. The van der Waals surface area contributed by atoms with E-state index in [0.717, 1.165) is 16.9 Å². The van der Waals surface area contributed by atoms with Crippen LogP contribution in [0.5, 0.6) is 0 Å². The van der Waals surface area contributed by atoms with Crippen LogP contribution in [0.15, 0.2) is 6.07 Å². The van der Waals surface area contributed by atoms with E-state index in [4.69, 9.17) is 10.0 Å². The molecule has 1 rings (SSSR count). The molecule has 0 aromatic carbocycles. The molecule has 0 saturated heterocycles. The molecule has 0 aliphatic carbocycles. The van der Waals surface area contributed by atoms with Crippen LogP contribution in [0.4, 0.5) is 0 Å². The molecular formula is C8H11BO4S. The predicted molar refractivity (Wildman–Crippen MR) is 54.9 cm³/mol. The summed E-state index contributed by atoms with van der Waals surface area (Å²) >= 11 is 1.05. The van der Waals surface area contributed by atoms with Gasteiger partial charge in [0.2, 0.25) is 0 Å². The van der Waals surface area contributed by atoms with Crippen LogP contribution in [0, 0.1) is 0 Å². The number of carbonyl (C=O) groups excluding carboxylic acids is 1. The molecule has 0 radical (unpaired) electrons. The minimum absolute atomic E-state index is 0.363. The summed E-state index contributed by atoms with van der Waals surface area (Å²) in [6, 6.07) is 1.61. The standard InChI is InChI=1S/C8H11BO4S/c1-3-5-4-6(9(11)12)14-7(5)8(10)13-2/h4,11-12H,3H2,1-2H3. The summed E-state index contributed by atoms with van der Waals surface area (Å²) in [5.41, 5.74) is 0.782. The number of hydrogen-bond acceptors (Lipinski definition) is 5. The second-order valence-corrected chi connectivity index (χ2v) is 3.81. The fraction of sp³-hybridized carbons (Fsp3) is 0.375. The normalized spacial score (nSPS) is 10.0. The van der Waals surface area contributed by atoms with Crippen LogP contribution in [0.1, 0.15) is 22.2 Å². The maximum absolute atomic E-state index is 11.3. The molecule has 0 saturated carbocycles. The predicted octanol–water partition coefficient (Wildman–Crippen LogP) is -0.223. The molecule has 0 atom stereocenters. The Morgan fingerprint density at radius 2 is 2.29 bits per heavy atom. The molecule has 0 aliphatic heterocycles. The van der Waals surface area contributed by atoms with Gasteiger partial charge in [0.15, 0.2) is 0 Å². The Morgan fingerprint density at radius 3 is 2.71 bits per heavy atom. The Hall–Kier alpha value is -0.845. The molecule has 0 fully saturated rings. The number of ether oxygens (including phenoxy) is 1. The molecule has 0 bridgehead atoms. The average molecular weight is 214 g/mol. The average Bonchev–Trinajstić information content (AvgIpc) is 2.60. The van der Waals surface area contributed by atoms with E-state index in [2.05, 4.69) is 4.74 Å². The molecule has 0 amide bonds. The first kappa shape index (κ1) is 11.2. The molecule has 0 unspecified atom stereocenters. The van der Waals surface area contributed by atoms with Crippen molar-refractivity contribution in [2.24, 2.45) is 0 Å². The first-order valence-electron chi connectivity index (χ1n) is 4.17. The molecule has 14 heavy (non-hydrogen) atoms. The lowest BCUT2D eigenvalue weighted by Crippen LogP contribution is -2.26. The third-order valence-corrected chi connectivity index (χ3v) is 3.03. The Morgan fingerprint density at radius 1 is 1.64 bits per heavy atom. The lowest BCUT2D eigenvalue weighted by atomic mass is 9.89. The summed E-state index contributed by atoms with van der Waals surface area (Å²) in [6.07, 6.45) is 0.660. The van der Waals surface area contributed by atoms with Gasteiger partial charge in [-0.2, -0.15) is 0 Å². The molecule has 0 aliphatic rings. The summed E-state index contributed by atoms with van der Waals surface area (Å²) in [7, 11) is -0.222. The topological polar surface area (TPSA) is 66.8 Å². The van der Waals surface area contributed by atoms with Crippen molar-refractivity contribution in [1.29, 1.82) is 0 Å². The van der Waals surface area contributed by atoms with Gasteiger partial charge in [0.1, 0.15) is 4.88 Å². The van der Waals surface area contributed by atoms with Gasteiger partial charge in [0, 0.05) is 4.78 Å². The lowest BCUT2D eigenvalue weighted by molar-refractivity contribution is 0.0605. The summed E-state index contributed by atoms with van der Waals surface area (Å²) in [6.45, 7) is 1.89. The third kappa shape index (κ3) is 2.15. The maximum atomic E-state index is 11.3. The monoisotopic (exact) mass is 214 g/mol. The number of hydrogen-bond donors (Lipinski definition) is 2. The fourth-order valence-electron chi connectivity index (χ4n) is 1.11. The zero-order valence-corrected chi connectivity index (χ0v) is 8.80. The highest BCUT2D eigenvalue weighted by Gasteiger charge is 2.21. The summed E-state index contributed by atoms with van der Waals surface area (Å²) in [5.74, 6) is -0.432. The molecule has 2 N–H and O–H groups in total. The van der Waals surface area contributed by atoms with E-state index in [0.29, 0.717) is 16.1 Å². The number of esters is 1. The van der Waals surface area contributed by atoms with Gasteiger partial charge in [0.25, 0.3) is 0 Å². The second kappa shape index (κ2) is 4.59. The Balaban J connectivity index is 3.08. The van der Waals surface area contributed by atoms with Gasteiger partial charge in [-0.3, -0.25) is 0 Å². The first-order chi connectivity index (χ1) is 6.60. The van der Waals surface area contributed by atoms with Crippen LogP contribution in [0.2, 0.25) is 0 Å². The van der Waals surface area contributed by atoms with Crippen molar-refractivity contribution in [3.63, 3.8) is 0 Å². The zero-order valence-electron chi connectivity index (χ0n) is 7.98. The van der Waals surface area contributed by atoms with Gasteiger partial charge in [-0.05, 0) is 18.1 Å². The van der Waals surface area contributed by atoms with Crippen LogP contribution >= 0.6 is 11.3 Å². The summed E-state index contributed by atoms with van der Waals surface area (Å²) < 4.78 is 4.94. The van der Waals surface area contributed by atoms with Crippen LogP contribution in [-0.4, -0.2) is 30.2 Å². The molecule has 1 aromatic rings. The van der Waals surface area contributed by atoms with Crippen molar-refractivity contribution in [2.75, 3.05) is 7.11 Å². The highest BCUT2D eigenvalue weighted by molar-refractivity contribution is 7.23. The molecule has 4 nitrogen and oxygen atoms in total. The smallest absolute Gasteiger partial charge is 0.465 e. The van der Waals surface area contributed by atoms with Crippen molar-refractivity contribution in [1.82, 2.24) is 0 Å². The van der Waals surface area contributed by atoms with Gasteiger partial charge in [-0.25, -0.2) is 4.79 Å². The second-order valence-electron chi connectivity index (χ2n) is 2.72. The van der Waals surface area contributed by atoms with E-state index in [1.54, 1.807) is 6.07 Å². The zero-order chi connectivity index (χ0) is 10.7. The van der Waals surface area contributed by atoms with Crippen molar-refractivity contribution >= 4 is 29.2 Å². The van der Waals surface area contributed by atoms with E-state index in [-0.39, 0.29) is 0 Å². The van der Waals surface area contributed by atoms with Crippen molar-refractivity contribution in [3.05, 3.63) is 16.5 Å². The quantitative estimate of drug-likeness (QED) is 0.539. The number of methoxy groups -OCH3 is 1. The maximum Gasteiger partial charge on any atom is 0.499 e. The van der Waals surface area contributed by atoms with Gasteiger partial charge in [-0.15, -0.1) is 11.3 Å². The van der Waals surface area contributed by atoms with E-state index >= 15 is 0 Å². The van der Waals surface area contributed by atoms with E-state index in [1.807, 2.05) is 6.92 Å². The van der Waals surface area contributed by atoms with Crippen molar-refractivity contribution in [2.45, 2.75) is 13.3 Å².